The number of rotatable bonds is 6. The van der Waals surface area contributed by atoms with Gasteiger partial charge in [-0.05, 0) is 41.0 Å². The van der Waals surface area contributed by atoms with Crippen molar-refractivity contribution >= 4 is 23.2 Å². The van der Waals surface area contributed by atoms with Crippen molar-refractivity contribution in [3.63, 3.8) is 0 Å². The number of alkyl halides is 3. The smallest absolute Gasteiger partial charge is 0.419 e. The van der Waals surface area contributed by atoms with Crippen LogP contribution in [0.4, 0.5) is 13.2 Å². The van der Waals surface area contributed by atoms with Crippen LogP contribution in [0.5, 0.6) is 11.5 Å². The van der Waals surface area contributed by atoms with Gasteiger partial charge in [0.2, 0.25) is 6.29 Å². The molecule has 5 nitrogen and oxygen atoms in total. The molecule has 0 bridgehead atoms. The van der Waals surface area contributed by atoms with Crippen molar-refractivity contribution in [3.8, 4) is 22.6 Å². The number of halogens is 3. The van der Waals surface area contributed by atoms with E-state index < -0.39 is 12.3 Å². The molecule has 0 spiro atoms. The lowest BCUT2D eigenvalue weighted by Gasteiger charge is -2.10. The Bertz CT molecular complexity index is 1260. The maximum absolute atomic E-state index is 12.4. The van der Waals surface area contributed by atoms with Crippen LogP contribution in [-0.4, -0.2) is 23.2 Å². The molecule has 0 aliphatic rings. The van der Waals surface area contributed by atoms with Gasteiger partial charge >= 0.3 is 12.3 Å². The number of nitrogens with zero attached hydrogens (tertiary/aromatic N) is 1. The highest BCUT2D eigenvalue weighted by Crippen LogP contribution is 2.34. The second kappa shape index (κ2) is 8.58. The lowest BCUT2D eigenvalue weighted by atomic mass is 10.0. The molecular weight excluding hydrogens is 423 g/mol. The molecular formula is C24H16F3NO4. The van der Waals surface area contributed by atoms with E-state index >= 15 is 0 Å². The van der Waals surface area contributed by atoms with Gasteiger partial charge in [-0.2, -0.15) is 0 Å². The molecule has 0 radical (unpaired) electrons. The minimum absolute atomic E-state index is 0.0869. The van der Waals surface area contributed by atoms with Crippen molar-refractivity contribution < 1.29 is 32.2 Å². The number of benzene rings is 3. The highest BCUT2D eigenvalue weighted by atomic mass is 19.4. The van der Waals surface area contributed by atoms with Gasteiger partial charge < -0.3 is 14.0 Å². The minimum atomic E-state index is -4.76. The lowest BCUT2D eigenvalue weighted by Crippen LogP contribution is -2.16. The summed E-state index contributed by atoms with van der Waals surface area (Å²) in [5.41, 5.74) is 3.13. The fourth-order valence-corrected chi connectivity index (χ4v) is 3.42. The van der Waals surface area contributed by atoms with Gasteiger partial charge in [0.15, 0.2) is 5.75 Å². The molecule has 0 saturated carbocycles. The van der Waals surface area contributed by atoms with Gasteiger partial charge in [0.1, 0.15) is 5.75 Å². The Morgan fingerprint density at radius 1 is 0.938 bits per heavy atom. The standard InChI is InChI=1S/C24H16F3NO4/c25-24(26,27)32-19-9-6-17(7-10-19)18-8-11-21-20(12-18)22(31-23(30)15-29)14-28(21)13-16-4-2-1-3-5-16/h1-12,14-15H,13H2. The average Bonchev–Trinajstić information content (AvgIpc) is 3.10. The Kier molecular flexibility index (Phi) is 5.68. The molecule has 0 unspecified atom stereocenters. The normalized spacial score (nSPS) is 11.3. The molecule has 3 aromatic carbocycles. The van der Waals surface area contributed by atoms with Crippen LogP contribution < -0.4 is 9.47 Å². The minimum Gasteiger partial charge on any atom is -0.419 e. The lowest BCUT2D eigenvalue weighted by molar-refractivity contribution is -0.274. The third kappa shape index (κ3) is 4.80. The highest BCUT2D eigenvalue weighted by molar-refractivity contribution is 6.21. The molecule has 0 N–H and O–H groups in total. The van der Waals surface area contributed by atoms with Gasteiger partial charge in [-0.25, -0.2) is 4.79 Å². The molecule has 0 atom stereocenters. The van der Waals surface area contributed by atoms with Gasteiger partial charge in [-0.3, -0.25) is 4.79 Å². The van der Waals surface area contributed by atoms with E-state index in [-0.39, 0.29) is 17.8 Å². The van der Waals surface area contributed by atoms with Crippen LogP contribution >= 0.6 is 0 Å². The van der Waals surface area contributed by atoms with E-state index in [0.29, 0.717) is 23.1 Å². The first kappa shape index (κ1) is 21.2. The van der Waals surface area contributed by atoms with Gasteiger partial charge in [-0.15, -0.1) is 13.2 Å². The number of aldehydes is 1. The van der Waals surface area contributed by atoms with Crippen LogP contribution in [0.2, 0.25) is 0 Å². The van der Waals surface area contributed by atoms with E-state index in [1.165, 1.54) is 24.3 Å². The quantitative estimate of drug-likeness (QED) is 0.231. The van der Waals surface area contributed by atoms with Crippen molar-refractivity contribution in [1.82, 2.24) is 4.57 Å². The zero-order valence-electron chi connectivity index (χ0n) is 16.5. The molecule has 4 rings (SSSR count). The topological polar surface area (TPSA) is 57.5 Å². The summed E-state index contributed by atoms with van der Waals surface area (Å²) in [6.07, 6.45) is -3.04. The summed E-state index contributed by atoms with van der Waals surface area (Å²) >= 11 is 0. The van der Waals surface area contributed by atoms with Crippen LogP contribution in [0.1, 0.15) is 5.56 Å². The molecule has 0 aliphatic carbocycles. The first-order valence-electron chi connectivity index (χ1n) is 9.52. The third-order valence-corrected chi connectivity index (χ3v) is 4.77. The van der Waals surface area contributed by atoms with Crippen molar-refractivity contribution in [1.29, 1.82) is 0 Å². The van der Waals surface area contributed by atoms with Crippen LogP contribution in [0.25, 0.3) is 22.0 Å². The number of aromatic nitrogens is 1. The summed E-state index contributed by atoms with van der Waals surface area (Å²) in [5, 5.41) is 0.587. The number of fused-ring (bicyclic) bond motifs is 1. The van der Waals surface area contributed by atoms with Gasteiger partial charge in [0, 0.05) is 18.1 Å². The molecule has 162 valence electrons. The number of esters is 1. The molecule has 0 saturated heterocycles. The maximum atomic E-state index is 12.4. The molecule has 0 aliphatic heterocycles. The first-order chi connectivity index (χ1) is 15.3. The Labute approximate surface area is 180 Å². The van der Waals surface area contributed by atoms with E-state index in [0.717, 1.165) is 11.1 Å². The Morgan fingerprint density at radius 3 is 2.28 bits per heavy atom. The second-order valence-electron chi connectivity index (χ2n) is 6.95. The SMILES string of the molecule is O=CC(=O)Oc1cn(Cc2ccccc2)c2ccc(-c3ccc(OC(F)(F)F)cc3)cc12. The average molecular weight is 439 g/mol. The van der Waals surface area contributed by atoms with Crippen LogP contribution in [-0.2, 0) is 16.1 Å². The first-order valence-corrected chi connectivity index (χ1v) is 9.52. The Hall–Kier alpha value is -4.07. The largest absolute Gasteiger partial charge is 0.573 e. The fraction of sp³-hybridized carbons (Fsp3) is 0.0833. The van der Waals surface area contributed by atoms with E-state index in [4.69, 9.17) is 4.74 Å². The van der Waals surface area contributed by atoms with Crippen LogP contribution in [0, 0.1) is 0 Å². The summed E-state index contributed by atoms with van der Waals surface area (Å²) < 4.78 is 48.1. The maximum Gasteiger partial charge on any atom is 0.573 e. The van der Waals surface area contributed by atoms with E-state index in [1.54, 1.807) is 12.3 Å². The number of hydrogen-bond donors (Lipinski definition) is 0. The molecule has 0 fully saturated rings. The summed E-state index contributed by atoms with van der Waals surface area (Å²) in [5.74, 6) is -1.13. The zero-order valence-corrected chi connectivity index (χ0v) is 16.5. The predicted molar refractivity (Wildman–Crippen MR) is 111 cm³/mol. The van der Waals surface area contributed by atoms with Gasteiger partial charge in [0.25, 0.3) is 0 Å². The zero-order chi connectivity index (χ0) is 22.7. The fourth-order valence-electron chi connectivity index (χ4n) is 3.42. The van der Waals surface area contributed by atoms with Gasteiger partial charge in [-0.1, -0.05) is 48.5 Å². The molecule has 1 heterocycles. The van der Waals surface area contributed by atoms with E-state index in [9.17, 15) is 22.8 Å². The summed E-state index contributed by atoms with van der Waals surface area (Å²) in [6, 6.07) is 20.5. The number of hydrogen-bond acceptors (Lipinski definition) is 4. The number of carbonyl (C=O) groups is 2. The molecule has 4 aromatic rings. The highest BCUT2D eigenvalue weighted by Gasteiger charge is 2.31. The van der Waals surface area contributed by atoms with Crippen LogP contribution in [0.15, 0.2) is 79.0 Å². The second-order valence-corrected chi connectivity index (χ2v) is 6.95. The van der Waals surface area contributed by atoms with Crippen molar-refractivity contribution in [2.24, 2.45) is 0 Å². The van der Waals surface area contributed by atoms with Gasteiger partial charge in [0.05, 0.1) is 5.52 Å². The van der Waals surface area contributed by atoms with E-state index in [2.05, 4.69) is 4.74 Å². The Morgan fingerprint density at radius 2 is 1.62 bits per heavy atom. The number of ether oxygens (including phenoxy) is 2. The number of carbonyl (C=O) groups excluding carboxylic acids is 2. The third-order valence-electron chi connectivity index (χ3n) is 4.77. The monoisotopic (exact) mass is 439 g/mol. The molecule has 8 heteroatoms. The van der Waals surface area contributed by atoms with Crippen molar-refractivity contribution in [2.75, 3.05) is 0 Å². The van der Waals surface area contributed by atoms with Crippen LogP contribution in [0.3, 0.4) is 0 Å². The molecule has 32 heavy (non-hydrogen) atoms. The van der Waals surface area contributed by atoms with Crippen molar-refractivity contribution in [2.45, 2.75) is 12.9 Å². The van der Waals surface area contributed by atoms with Crippen molar-refractivity contribution in [3.05, 3.63) is 84.6 Å². The Balaban J connectivity index is 1.72. The summed E-state index contributed by atoms with van der Waals surface area (Å²) in [6.45, 7) is 0.513. The molecule has 1 aromatic heterocycles. The molecule has 0 amide bonds. The summed E-state index contributed by atoms with van der Waals surface area (Å²) in [4.78, 5) is 22.4. The summed E-state index contributed by atoms with van der Waals surface area (Å²) in [7, 11) is 0. The predicted octanol–water partition coefficient (Wildman–Crippen LogP) is 5.36. The van der Waals surface area contributed by atoms with E-state index in [1.807, 2.05) is 47.0 Å².